The fourth-order valence-electron chi connectivity index (χ4n) is 4.01. The van der Waals surface area contributed by atoms with Gasteiger partial charge in [-0.3, -0.25) is 9.52 Å². The van der Waals surface area contributed by atoms with E-state index in [1.165, 1.54) is 30.3 Å². The predicted molar refractivity (Wildman–Crippen MR) is 136 cm³/mol. The number of amides is 1. The first-order chi connectivity index (χ1) is 18.1. The molecule has 1 N–H and O–H groups in total. The molecule has 0 radical (unpaired) electrons. The van der Waals surface area contributed by atoms with Crippen molar-refractivity contribution < 1.29 is 35.9 Å². The Morgan fingerprint density at radius 2 is 1.63 bits per heavy atom. The Morgan fingerprint density at radius 1 is 0.947 bits per heavy atom. The minimum Gasteiger partial charge on any atom is -0.495 e. The molecule has 1 heterocycles. The van der Waals surface area contributed by atoms with Gasteiger partial charge in [0.2, 0.25) is 0 Å². The Balaban J connectivity index is 1.30. The molecule has 0 atom stereocenters. The van der Waals surface area contributed by atoms with E-state index >= 15 is 0 Å². The summed E-state index contributed by atoms with van der Waals surface area (Å²) in [7, 11) is -2.52. The van der Waals surface area contributed by atoms with Gasteiger partial charge in [-0.1, -0.05) is 18.2 Å². The van der Waals surface area contributed by atoms with E-state index in [0.29, 0.717) is 26.2 Å². The lowest BCUT2D eigenvalue weighted by Gasteiger charge is -2.36. The number of piperazine rings is 1. The van der Waals surface area contributed by atoms with Crippen molar-refractivity contribution >= 4 is 27.3 Å². The fraction of sp³-hybridized carbons (Fsp3) is 0.269. The molecular formula is C26H26F3N3O5S. The number of rotatable bonds is 8. The molecular weight excluding hydrogens is 523 g/mol. The van der Waals surface area contributed by atoms with Crippen molar-refractivity contribution in [3.63, 3.8) is 0 Å². The van der Waals surface area contributed by atoms with Crippen molar-refractivity contribution in [1.82, 2.24) is 4.90 Å². The van der Waals surface area contributed by atoms with Gasteiger partial charge in [-0.05, 0) is 54.6 Å². The molecule has 0 spiro atoms. The molecule has 0 unspecified atom stereocenters. The maximum absolute atomic E-state index is 12.9. The number of halogens is 3. The molecule has 8 nitrogen and oxygen atoms in total. The number of sulfonamides is 1. The highest BCUT2D eigenvalue weighted by atomic mass is 32.2. The normalized spacial score (nSPS) is 14.2. The van der Waals surface area contributed by atoms with Gasteiger partial charge in [0, 0.05) is 31.9 Å². The van der Waals surface area contributed by atoms with Gasteiger partial charge in [0.05, 0.1) is 23.3 Å². The van der Waals surface area contributed by atoms with Crippen molar-refractivity contribution in [2.24, 2.45) is 0 Å². The van der Waals surface area contributed by atoms with E-state index in [0.717, 1.165) is 29.6 Å². The van der Waals surface area contributed by atoms with Gasteiger partial charge in [0.1, 0.15) is 11.5 Å². The lowest BCUT2D eigenvalue weighted by Crippen LogP contribution is -2.50. The van der Waals surface area contributed by atoms with Crippen molar-refractivity contribution in [3.8, 4) is 11.5 Å². The molecule has 1 amide bonds. The van der Waals surface area contributed by atoms with E-state index in [4.69, 9.17) is 9.47 Å². The second-order valence-electron chi connectivity index (χ2n) is 8.48. The highest BCUT2D eigenvalue weighted by Gasteiger charge is 2.31. The smallest absolute Gasteiger partial charge is 0.416 e. The third-order valence-corrected chi connectivity index (χ3v) is 7.39. The Kier molecular flexibility index (Phi) is 8.00. The number of carbonyl (C=O) groups excluding carboxylic acids is 1. The molecule has 0 saturated carbocycles. The lowest BCUT2D eigenvalue weighted by molar-refractivity contribution is -0.137. The zero-order chi connectivity index (χ0) is 27.3. The molecule has 1 fully saturated rings. The van der Waals surface area contributed by atoms with Crippen LogP contribution in [0.25, 0.3) is 0 Å². The Labute approximate surface area is 218 Å². The van der Waals surface area contributed by atoms with Crippen LogP contribution in [0.4, 0.5) is 24.5 Å². The Hall–Kier alpha value is -3.93. The van der Waals surface area contributed by atoms with Gasteiger partial charge in [0.25, 0.3) is 15.9 Å². The van der Waals surface area contributed by atoms with E-state index in [1.54, 1.807) is 12.0 Å². The quantitative estimate of drug-likeness (QED) is 0.452. The van der Waals surface area contributed by atoms with Gasteiger partial charge in [-0.2, -0.15) is 13.2 Å². The third kappa shape index (κ3) is 6.49. The van der Waals surface area contributed by atoms with Gasteiger partial charge in [-0.15, -0.1) is 0 Å². The molecule has 0 aliphatic carbocycles. The van der Waals surface area contributed by atoms with Crippen LogP contribution in [-0.4, -0.2) is 59.1 Å². The summed E-state index contributed by atoms with van der Waals surface area (Å²) in [5.41, 5.74) is -0.209. The average Bonchev–Trinajstić information content (AvgIpc) is 2.91. The summed E-state index contributed by atoms with van der Waals surface area (Å²) < 4.78 is 77.0. The summed E-state index contributed by atoms with van der Waals surface area (Å²) in [6, 6.07) is 16.9. The summed E-state index contributed by atoms with van der Waals surface area (Å²) in [6.45, 7) is 2.08. The minimum absolute atomic E-state index is 0.166. The molecule has 0 aromatic heterocycles. The number of para-hydroxylation sites is 2. The van der Waals surface area contributed by atoms with Crippen molar-refractivity contribution in [1.29, 1.82) is 0 Å². The third-order valence-electron chi connectivity index (χ3n) is 6.00. The van der Waals surface area contributed by atoms with Gasteiger partial charge in [0.15, 0.2) is 6.61 Å². The predicted octanol–water partition coefficient (Wildman–Crippen LogP) is 4.24. The molecule has 3 aromatic rings. The van der Waals surface area contributed by atoms with Crippen molar-refractivity contribution in [3.05, 3.63) is 78.4 Å². The van der Waals surface area contributed by atoms with Gasteiger partial charge in [-0.25, -0.2) is 8.42 Å². The van der Waals surface area contributed by atoms with E-state index in [9.17, 15) is 26.4 Å². The van der Waals surface area contributed by atoms with Crippen molar-refractivity contribution in [2.45, 2.75) is 11.1 Å². The first-order valence-electron chi connectivity index (χ1n) is 11.7. The van der Waals surface area contributed by atoms with E-state index in [1.807, 2.05) is 24.3 Å². The number of anilines is 2. The summed E-state index contributed by atoms with van der Waals surface area (Å²) in [4.78, 5) is 16.3. The summed E-state index contributed by atoms with van der Waals surface area (Å²) in [5, 5.41) is 0. The van der Waals surface area contributed by atoms with Crippen LogP contribution in [0.2, 0.25) is 0 Å². The lowest BCUT2D eigenvalue weighted by atomic mass is 10.2. The molecule has 0 bridgehead atoms. The molecule has 1 aliphatic rings. The summed E-state index contributed by atoms with van der Waals surface area (Å²) >= 11 is 0. The number of nitrogens with one attached hydrogen (secondary N) is 1. The van der Waals surface area contributed by atoms with Gasteiger partial charge < -0.3 is 19.3 Å². The maximum atomic E-state index is 12.9. The van der Waals surface area contributed by atoms with E-state index < -0.39 is 21.8 Å². The first kappa shape index (κ1) is 27.1. The molecule has 1 saturated heterocycles. The number of benzene rings is 3. The van der Waals surface area contributed by atoms with Crippen LogP contribution in [0, 0.1) is 0 Å². The van der Waals surface area contributed by atoms with E-state index in [2.05, 4.69) is 9.62 Å². The minimum atomic E-state index is -4.60. The average molecular weight is 550 g/mol. The van der Waals surface area contributed by atoms with Crippen LogP contribution < -0.4 is 19.1 Å². The molecule has 202 valence electrons. The highest BCUT2D eigenvalue weighted by Crippen LogP contribution is 2.31. The zero-order valence-electron chi connectivity index (χ0n) is 20.4. The Bertz CT molecular complexity index is 1370. The fourth-order valence-corrected chi connectivity index (χ4v) is 5.06. The number of alkyl halides is 3. The largest absolute Gasteiger partial charge is 0.495 e. The molecule has 12 heteroatoms. The number of methoxy groups -OCH3 is 1. The van der Waals surface area contributed by atoms with Crippen LogP contribution in [0.1, 0.15) is 5.56 Å². The topological polar surface area (TPSA) is 88.2 Å². The molecule has 4 rings (SSSR count). The van der Waals surface area contributed by atoms with Crippen molar-refractivity contribution in [2.75, 3.05) is 49.5 Å². The van der Waals surface area contributed by atoms with E-state index in [-0.39, 0.29) is 28.8 Å². The van der Waals surface area contributed by atoms with Crippen LogP contribution in [0.3, 0.4) is 0 Å². The molecule has 38 heavy (non-hydrogen) atoms. The second-order valence-corrected chi connectivity index (χ2v) is 10.2. The number of nitrogens with zero attached hydrogens (tertiary/aromatic N) is 2. The summed E-state index contributed by atoms with van der Waals surface area (Å²) in [5.74, 6) is 0.850. The number of ether oxygens (including phenoxy) is 2. The van der Waals surface area contributed by atoms with Crippen LogP contribution in [-0.2, 0) is 21.0 Å². The second kappa shape index (κ2) is 11.2. The number of carbonyl (C=O) groups is 1. The maximum Gasteiger partial charge on any atom is 0.416 e. The standard InChI is InChI=1S/C26H26F3N3O5S/c1-36-24-8-3-2-7-23(24)31-13-15-32(16-14-31)25(33)18-37-21-9-11-22(12-10-21)38(34,35)30-20-6-4-5-19(17-20)26(27,28)29/h2-12,17,30H,13-16,18H2,1H3. The number of hydrogen-bond acceptors (Lipinski definition) is 6. The SMILES string of the molecule is COc1ccccc1N1CCN(C(=O)COc2ccc(S(=O)(=O)Nc3cccc(C(F)(F)F)c3)cc2)CC1. The molecule has 3 aromatic carbocycles. The zero-order valence-corrected chi connectivity index (χ0v) is 21.3. The molecule has 1 aliphatic heterocycles. The number of hydrogen-bond donors (Lipinski definition) is 1. The monoisotopic (exact) mass is 549 g/mol. The van der Waals surface area contributed by atoms with Crippen LogP contribution in [0.5, 0.6) is 11.5 Å². The van der Waals surface area contributed by atoms with Gasteiger partial charge >= 0.3 is 6.18 Å². The van der Waals surface area contributed by atoms with Crippen LogP contribution >= 0.6 is 0 Å². The summed E-state index contributed by atoms with van der Waals surface area (Å²) in [6.07, 6.45) is -4.60. The first-order valence-corrected chi connectivity index (χ1v) is 13.1. The Morgan fingerprint density at radius 3 is 2.29 bits per heavy atom. The van der Waals surface area contributed by atoms with Crippen LogP contribution in [0.15, 0.2) is 77.7 Å². The highest BCUT2D eigenvalue weighted by molar-refractivity contribution is 7.92.